The third kappa shape index (κ3) is 3.27. The summed E-state index contributed by atoms with van der Waals surface area (Å²) in [6, 6.07) is 3.78. The normalized spacial score (nSPS) is 11.5. The molecule has 0 saturated carbocycles. The van der Waals surface area contributed by atoms with Gasteiger partial charge in [-0.05, 0) is 24.6 Å². The van der Waals surface area contributed by atoms with E-state index in [2.05, 4.69) is 0 Å². The molecule has 0 aromatic heterocycles. The summed E-state index contributed by atoms with van der Waals surface area (Å²) in [5, 5.41) is 0. The number of alkyl halides is 3. The van der Waals surface area contributed by atoms with Crippen LogP contribution in [0.4, 0.5) is 18.9 Å². The number of benzene rings is 1. The summed E-state index contributed by atoms with van der Waals surface area (Å²) in [5.41, 5.74) is 5.83. The number of halogens is 3. The first-order chi connectivity index (χ1) is 6.79. The monoisotopic (exact) mass is 217 g/mol. The molecule has 2 N–H and O–H groups in total. The van der Waals surface area contributed by atoms with Crippen molar-refractivity contribution in [3.8, 4) is 0 Å². The molecule has 0 heterocycles. The van der Waals surface area contributed by atoms with E-state index >= 15 is 0 Å². The minimum absolute atomic E-state index is 0.0434. The topological polar surface area (TPSA) is 43.1 Å². The molecule has 0 aliphatic rings. The number of nitrogen functional groups attached to an aromatic ring is 1. The quantitative estimate of drug-likeness (QED) is 0.611. The minimum Gasteiger partial charge on any atom is -0.398 e. The molecule has 5 heteroatoms. The van der Waals surface area contributed by atoms with E-state index in [0.717, 1.165) is 0 Å². The fourth-order valence-electron chi connectivity index (χ4n) is 1.25. The molecule has 15 heavy (non-hydrogen) atoms. The third-order valence-electron chi connectivity index (χ3n) is 1.90. The van der Waals surface area contributed by atoms with E-state index in [-0.39, 0.29) is 22.6 Å². The highest BCUT2D eigenvalue weighted by molar-refractivity contribution is 5.99. The lowest BCUT2D eigenvalue weighted by molar-refractivity contribution is -0.127. The van der Waals surface area contributed by atoms with Crippen LogP contribution >= 0.6 is 0 Å². The number of anilines is 1. The van der Waals surface area contributed by atoms with E-state index in [1.54, 1.807) is 0 Å². The van der Waals surface area contributed by atoms with E-state index in [1.165, 1.54) is 25.1 Å². The number of carbonyl (C=O) groups is 1. The first-order valence-electron chi connectivity index (χ1n) is 4.25. The van der Waals surface area contributed by atoms with Crippen molar-refractivity contribution in [3.63, 3.8) is 0 Å². The summed E-state index contributed by atoms with van der Waals surface area (Å²) in [6.07, 6.45) is -5.32. The van der Waals surface area contributed by atoms with Gasteiger partial charge in [0.1, 0.15) is 0 Å². The van der Waals surface area contributed by atoms with Crippen LogP contribution in [0.15, 0.2) is 18.2 Å². The average molecular weight is 217 g/mol. The highest BCUT2D eigenvalue weighted by Gasteiger charge is 2.27. The van der Waals surface area contributed by atoms with Crippen molar-refractivity contribution in [3.05, 3.63) is 29.3 Å². The van der Waals surface area contributed by atoms with Gasteiger partial charge >= 0.3 is 6.18 Å². The fourth-order valence-corrected chi connectivity index (χ4v) is 1.25. The van der Waals surface area contributed by atoms with Crippen LogP contribution in [0.5, 0.6) is 0 Å². The van der Waals surface area contributed by atoms with Gasteiger partial charge in [-0.25, -0.2) is 0 Å². The van der Waals surface area contributed by atoms with Crippen LogP contribution in [-0.2, 0) is 6.42 Å². The smallest absolute Gasteiger partial charge is 0.393 e. The SMILES string of the molecule is CC(=O)c1cc(CC(F)(F)F)ccc1N. The van der Waals surface area contributed by atoms with Crippen molar-refractivity contribution < 1.29 is 18.0 Å². The molecular weight excluding hydrogens is 207 g/mol. The summed E-state index contributed by atoms with van der Waals surface area (Å²) in [4.78, 5) is 11.0. The second-order valence-electron chi connectivity index (χ2n) is 3.27. The third-order valence-corrected chi connectivity index (χ3v) is 1.90. The van der Waals surface area contributed by atoms with Gasteiger partial charge in [0, 0.05) is 11.3 Å². The lowest BCUT2D eigenvalue weighted by Crippen LogP contribution is -2.12. The molecule has 1 aromatic rings. The molecule has 0 fully saturated rings. The van der Waals surface area contributed by atoms with Crippen LogP contribution in [0.3, 0.4) is 0 Å². The van der Waals surface area contributed by atoms with Crippen LogP contribution in [0.2, 0.25) is 0 Å². The number of nitrogens with two attached hydrogens (primary N) is 1. The van der Waals surface area contributed by atoms with E-state index in [9.17, 15) is 18.0 Å². The second-order valence-corrected chi connectivity index (χ2v) is 3.27. The van der Waals surface area contributed by atoms with Crippen LogP contribution in [0, 0.1) is 0 Å². The Morgan fingerprint density at radius 1 is 1.40 bits per heavy atom. The Bertz CT molecular complexity index is 385. The minimum atomic E-state index is -4.27. The van der Waals surface area contributed by atoms with Crippen molar-refractivity contribution in [1.29, 1.82) is 0 Å². The van der Waals surface area contributed by atoms with E-state index in [1.807, 2.05) is 0 Å². The van der Waals surface area contributed by atoms with Gasteiger partial charge in [-0.2, -0.15) is 13.2 Å². The number of hydrogen-bond donors (Lipinski definition) is 1. The van der Waals surface area contributed by atoms with E-state index in [4.69, 9.17) is 5.73 Å². The maximum atomic E-state index is 12.1. The number of Topliss-reactive ketones (excluding diaryl/α,β-unsaturated/α-hetero) is 1. The Hall–Kier alpha value is -1.52. The Kier molecular flexibility index (Phi) is 3.02. The van der Waals surface area contributed by atoms with Crippen LogP contribution < -0.4 is 5.73 Å². The first kappa shape index (κ1) is 11.6. The van der Waals surface area contributed by atoms with Gasteiger partial charge < -0.3 is 5.73 Å². The molecule has 0 atom stereocenters. The maximum absolute atomic E-state index is 12.1. The molecule has 0 aliphatic carbocycles. The Morgan fingerprint density at radius 2 is 2.00 bits per heavy atom. The van der Waals surface area contributed by atoms with Crippen molar-refractivity contribution in [2.45, 2.75) is 19.5 Å². The Labute approximate surface area is 84.9 Å². The molecule has 0 spiro atoms. The highest BCUT2D eigenvalue weighted by atomic mass is 19.4. The number of rotatable bonds is 2. The van der Waals surface area contributed by atoms with Crippen LogP contribution in [-0.4, -0.2) is 12.0 Å². The number of hydrogen-bond acceptors (Lipinski definition) is 2. The van der Waals surface area contributed by atoms with Crippen molar-refractivity contribution in [1.82, 2.24) is 0 Å². The number of ketones is 1. The predicted molar refractivity (Wildman–Crippen MR) is 50.6 cm³/mol. The average Bonchev–Trinajstić information content (AvgIpc) is 2.05. The molecule has 1 aromatic carbocycles. The summed E-state index contributed by atoms with van der Waals surface area (Å²) in [6.45, 7) is 1.27. The summed E-state index contributed by atoms with van der Waals surface area (Å²) in [7, 11) is 0. The zero-order chi connectivity index (χ0) is 11.6. The van der Waals surface area contributed by atoms with Gasteiger partial charge in [0.15, 0.2) is 5.78 Å². The molecule has 82 valence electrons. The predicted octanol–water partition coefficient (Wildman–Crippen LogP) is 2.58. The highest BCUT2D eigenvalue weighted by Crippen LogP contribution is 2.23. The lowest BCUT2D eigenvalue weighted by Gasteiger charge is -2.08. The summed E-state index contributed by atoms with van der Waals surface area (Å²) in [5.74, 6) is -0.337. The van der Waals surface area contributed by atoms with Gasteiger partial charge in [-0.15, -0.1) is 0 Å². The summed E-state index contributed by atoms with van der Waals surface area (Å²) < 4.78 is 36.2. The second kappa shape index (κ2) is 3.92. The van der Waals surface area contributed by atoms with Gasteiger partial charge in [-0.3, -0.25) is 4.79 Å². The molecule has 1 rings (SSSR count). The Morgan fingerprint density at radius 3 is 2.47 bits per heavy atom. The molecule has 2 nitrogen and oxygen atoms in total. The van der Waals surface area contributed by atoms with E-state index < -0.39 is 12.6 Å². The first-order valence-corrected chi connectivity index (χ1v) is 4.25. The maximum Gasteiger partial charge on any atom is 0.393 e. The Balaban J connectivity index is 3.03. The van der Waals surface area contributed by atoms with Crippen LogP contribution in [0.1, 0.15) is 22.8 Å². The lowest BCUT2D eigenvalue weighted by atomic mass is 10.0. The number of carbonyl (C=O) groups excluding carboxylic acids is 1. The summed E-state index contributed by atoms with van der Waals surface area (Å²) >= 11 is 0. The zero-order valence-corrected chi connectivity index (χ0v) is 8.06. The van der Waals surface area contributed by atoms with Gasteiger partial charge in [-0.1, -0.05) is 6.07 Å². The zero-order valence-electron chi connectivity index (χ0n) is 8.06. The molecule has 0 aliphatic heterocycles. The largest absolute Gasteiger partial charge is 0.398 e. The van der Waals surface area contributed by atoms with Crippen molar-refractivity contribution in [2.75, 3.05) is 5.73 Å². The standard InChI is InChI=1S/C10H10F3NO/c1-6(15)8-4-7(2-3-9(8)14)5-10(11,12)13/h2-4H,5,14H2,1H3. The molecule has 0 radical (unpaired) electrons. The van der Waals surface area contributed by atoms with Crippen molar-refractivity contribution in [2.24, 2.45) is 0 Å². The van der Waals surface area contributed by atoms with Gasteiger partial charge in [0.05, 0.1) is 6.42 Å². The van der Waals surface area contributed by atoms with E-state index in [0.29, 0.717) is 0 Å². The van der Waals surface area contributed by atoms with Crippen LogP contribution in [0.25, 0.3) is 0 Å². The molecule has 0 saturated heterocycles. The molecule has 0 amide bonds. The molecule has 0 bridgehead atoms. The van der Waals surface area contributed by atoms with Gasteiger partial charge in [0.2, 0.25) is 0 Å². The molecule has 0 unspecified atom stereocenters. The fraction of sp³-hybridized carbons (Fsp3) is 0.300. The van der Waals surface area contributed by atoms with Crippen molar-refractivity contribution >= 4 is 11.5 Å². The van der Waals surface area contributed by atoms with Gasteiger partial charge in [0.25, 0.3) is 0 Å². The molecular formula is C10H10F3NO.